The monoisotopic (exact) mass is 324 g/mol. The number of sulfone groups is 1. The summed E-state index contributed by atoms with van der Waals surface area (Å²) in [5.74, 6) is 0.100. The summed E-state index contributed by atoms with van der Waals surface area (Å²) in [7, 11) is -3.53. The Bertz CT molecular complexity index is 809. The lowest BCUT2D eigenvalue weighted by atomic mass is 10.0. The van der Waals surface area contributed by atoms with Gasteiger partial charge in [-0.15, -0.1) is 0 Å². The van der Waals surface area contributed by atoms with Gasteiger partial charge in [0.2, 0.25) is 15.0 Å². The van der Waals surface area contributed by atoms with E-state index in [1.54, 1.807) is 0 Å². The highest BCUT2D eigenvalue weighted by Gasteiger charge is 2.26. The Balaban J connectivity index is 1.89. The fourth-order valence-electron chi connectivity index (χ4n) is 2.69. The summed E-state index contributed by atoms with van der Waals surface area (Å²) < 4.78 is 24.9. The van der Waals surface area contributed by atoms with E-state index in [9.17, 15) is 18.5 Å². The van der Waals surface area contributed by atoms with E-state index >= 15 is 0 Å². The number of imidazole rings is 1. The van der Waals surface area contributed by atoms with Crippen molar-refractivity contribution in [3.8, 4) is 0 Å². The van der Waals surface area contributed by atoms with Crippen LogP contribution in [-0.2, 0) is 9.84 Å². The highest BCUT2D eigenvalue weighted by atomic mass is 32.2. The van der Waals surface area contributed by atoms with Crippen molar-refractivity contribution in [1.82, 2.24) is 15.3 Å². The smallest absolute Gasteiger partial charge is 0.271 e. The van der Waals surface area contributed by atoms with Crippen LogP contribution in [0.5, 0.6) is 0 Å². The Morgan fingerprint density at radius 3 is 2.91 bits per heavy atom. The number of fused-ring (bicyclic) bond motifs is 1. The molecular formula is C13H16N4O4S. The van der Waals surface area contributed by atoms with Gasteiger partial charge in [0.25, 0.3) is 5.69 Å². The van der Waals surface area contributed by atoms with E-state index in [-0.39, 0.29) is 22.5 Å². The Morgan fingerprint density at radius 2 is 2.23 bits per heavy atom. The van der Waals surface area contributed by atoms with E-state index in [0.717, 1.165) is 19.4 Å². The molecule has 1 saturated heterocycles. The van der Waals surface area contributed by atoms with Crippen molar-refractivity contribution in [2.45, 2.75) is 18.0 Å². The fourth-order valence-corrected chi connectivity index (χ4v) is 4.26. The van der Waals surface area contributed by atoms with Gasteiger partial charge in [0.1, 0.15) is 0 Å². The van der Waals surface area contributed by atoms with Crippen LogP contribution in [0.2, 0.25) is 0 Å². The normalized spacial score (nSPS) is 19.4. The third-order valence-corrected chi connectivity index (χ3v) is 5.50. The van der Waals surface area contributed by atoms with Crippen LogP contribution in [0.1, 0.15) is 12.8 Å². The molecule has 0 amide bonds. The Labute approximate surface area is 127 Å². The number of piperidine rings is 1. The quantitative estimate of drug-likeness (QED) is 0.645. The van der Waals surface area contributed by atoms with Crippen molar-refractivity contribution in [2.75, 3.05) is 18.8 Å². The molecule has 1 aromatic carbocycles. The van der Waals surface area contributed by atoms with Gasteiger partial charge in [-0.05, 0) is 37.9 Å². The standard InChI is InChI=1S/C13H16N4O4S/c18-17(19)10-3-4-11-12(6-10)16-13(15-11)22(20,21)8-9-2-1-5-14-7-9/h3-4,6,9,14H,1-2,5,7-8H2,(H,15,16). The molecule has 0 aliphatic carbocycles. The molecular weight excluding hydrogens is 308 g/mol. The lowest BCUT2D eigenvalue weighted by molar-refractivity contribution is -0.384. The van der Waals surface area contributed by atoms with Crippen molar-refractivity contribution < 1.29 is 13.3 Å². The van der Waals surface area contributed by atoms with Gasteiger partial charge >= 0.3 is 0 Å². The number of rotatable bonds is 4. The molecule has 22 heavy (non-hydrogen) atoms. The highest BCUT2D eigenvalue weighted by molar-refractivity contribution is 7.91. The average Bonchev–Trinajstić information content (AvgIpc) is 2.91. The third-order valence-electron chi connectivity index (χ3n) is 3.80. The average molecular weight is 324 g/mol. The molecule has 9 heteroatoms. The summed E-state index contributed by atoms with van der Waals surface area (Å²) in [6.07, 6.45) is 1.84. The molecule has 2 N–H and O–H groups in total. The molecule has 1 unspecified atom stereocenters. The number of H-pyrrole nitrogens is 1. The largest absolute Gasteiger partial charge is 0.329 e. The van der Waals surface area contributed by atoms with Gasteiger partial charge in [0.15, 0.2) is 0 Å². The Hall–Kier alpha value is -2.00. The van der Waals surface area contributed by atoms with E-state index in [4.69, 9.17) is 0 Å². The maximum Gasteiger partial charge on any atom is 0.271 e. The first-order valence-electron chi connectivity index (χ1n) is 7.03. The number of nitro benzene ring substituents is 1. The molecule has 1 aliphatic heterocycles. The zero-order valence-electron chi connectivity index (χ0n) is 11.8. The molecule has 1 aromatic heterocycles. The van der Waals surface area contributed by atoms with Crippen molar-refractivity contribution >= 4 is 26.6 Å². The predicted molar refractivity (Wildman–Crippen MR) is 80.4 cm³/mol. The van der Waals surface area contributed by atoms with E-state index in [1.807, 2.05) is 0 Å². The second-order valence-electron chi connectivity index (χ2n) is 5.49. The number of benzene rings is 1. The summed E-state index contributed by atoms with van der Waals surface area (Å²) in [4.78, 5) is 17.0. The second kappa shape index (κ2) is 5.65. The van der Waals surface area contributed by atoms with Gasteiger partial charge in [0, 0.05) is 12.1 Å². The second-order valence-corrected chi connectivity index (χ2v) is 7.44. The van der Waals surface area contributed by atoms with Gasteiger partial charge in [-0.1, -0.05) is 0 Å². The molecule has 8 nitrogen and oxygen atoms in total. The predicted octanol–water partition coefficient (Wildman–Crippen LogP) is 1.24. The van der Waals surface area contributed by atoms with Crippen LogP contribution in [0.3, 0.4) is 0 Å². The molecule has 2 heterocycles. The van der Waals surface area contributed by atoms with Crippen molar-refractivity contribution in [3.63, 3.8) is 0 Å². The number of nitrogens with zero attached hydrogens (tertiary/aromatic N) is 2. The summed E-state index contributed by atoms with van der Waals surface area (Å²) in [5.41, 5.74) is 0.664. The van der Waals surface area contributed by atoms with Gasteiger partial charge in [0.05, 0.1) is 21.7 Å². The number of hydrogen-bond acceptors (Lipinski definition) is 6. The van der Waals surface area contributed by atoms with Crippen molar-refractivity contribution in [1.29, 1.82) is 0 Å². The molecule has 1 fully saturated rings. The number of aromatic amines is 1. The van der Waals surface area contributed by atoms with E-state index < -0.39 is 14.8 Å². The first-order chi connectivity index (χ1) is 10.5. The lowest BCUT2D eigenvalue weighted by Gasteiger charge is -2.21. The number of non-ortho nitro benzene ring substituents is 1. The van der Waals surface area contributed by atoms with Gasteiger partial charge in [-0.25, -0.2) is 13.4 Å². The molecule has 0 saturated carbocycles. The minimum atomic E-state index is -3.53. The number of aromatic nitrogens is 2. The van der Waals surface area contributed by atoms with Gasteiger partial charge in [-0.3, -0.25) is 10.1 Å². The zero-order chi connectivity index (χ0) is 15.7. The number of hydrogen-bond donors (Lipinski definition) is 2. The molecule has 1 aliphatic rings. The van der Waals surface area contributed by atoms with Crippen LogP contribution in [0.15, 0.2) is 23.4 Å². The van der Waals surface area contributed by atoms with Crippen LogP contribution in [0.4, 0.5) is 5.69 Å². The molecule has 0 bridgehead atoms. The van der Waals surface area contributed by atoms with E-state index in [2.05, 4.69) is 15.3 Å². The molecule has 0 spiro atoms. The summed E-state index contributed by atoms with van der Waals surface area (Å²) >= 11 is 0. The van der Waals surface area contributed by atoms with Crippen LogP contribution in [-0.4, -0.2) is 42.2 Å². The minimum Gasteiger partial charge on any atom is -0.329 e. The van der Waals surface area contributed by atoms with Crippen molar-refractivity contribution in [3.05, 3.63) is 28.3 Å². The minimum absolute atomic E-state index is 0.0297. The third kappa shape index (κ3) is 2.95. The zero-order valence-corrected chi connectivity index (χ0v) is 12.6. The fraction of sp³-hybridized carbons (Fsp3) is 0.462. The van der Waals surface area contributed by atoms with Crippen LogP contribution in [0.25, 0.3) is 11.0 Å². The maximum atomic E-state index is 12.4. The van der Waals surface area contributed by atoms with E-state index in [1.165, 1.54) is 18.2 Å². The Kier molecular flexibility index (Phi) is 3.83. The highest BCUT2D eigenvalue weighted by Crippen LogP contribution is 2.22. The van der Waals surface area contributed by atoms with Crippen LogP contribution < -0.4 is 5.32 Å². The van der Waals surface area contributed by atoms with Gasteiger partial charge in [-0.2, -0.15) is 0 Å². The van der Waals surface area contributed by atoms with Gasteiger partial charge < -0.3 is 10.3 Å². The first-order valence-corrected chi connectivity index (χ1v) is 8.68. The molecule has 118 valence electrons. The number of nitro groups is 1. The molecule has 1 atom stereocenters. The van der Waals surface area contributed by atoms with Crippen molar-refractivity contribution in [2.24, 2.45) is 5.92 Å². The molecule has 3 rings (SSSR count). The number of nitrogens with one attached hydrogen (secondary N) is 2. The summed E-state index contributed by atoms with van der Waals surface area (Å²) in [6, 6.07) is 4.05. The molecule has 2 aromatic rings. The Morgan fingerprint density at radius 1 is 1.41 bits per heavy atom. The van der Waals surface area contributed by atoms with E-state index in [0.29, 0.717) is 17.6 Å². The first kappa shape index (κ1) is 14.9. The maximum absolute atomic E-state index is 12.4. The summed E-state index contributed by atoms with van der Waals surface area (Å²) in [5, 5.41) is 13.8. The molecule has 0 radical (unpaired) electrons. The van der Waals surface area contributed by atoms with Crippen LogP contribution >= 0.6 is 0 Å². The topological polar surface area (TPSA) is 118 Å². The lowest BCUT2D eigenvalue weighted by Crippen LogP contribution is -2.34. The summed E-state index contributed by atoms with van der Waals surface area (Å²) in [6.45, 7) is 1.61. The SMILES string of the molecule is O=[N+]([O-])c1ccc2nc(S(=O)(=O)CC3CCCNC3)[nH]c2c1. The van der Waals surface area contributed by atoms with Crippen LogP contribution in [0, 0.1) is 16.0 Å².